The van der Waals surface area contributed by atoms with Gasteiger partial charge in [0.15, 0.2) is 8.32 Å². The predicted molar refractivity (Wildman–Crippen MR) is 102 cm³/mol. The molecule has 0 amide bonds. The Morgan fingerprint density at radius 3 is 2.04 bits per heavy atom. The number of ether oxygens (including phenoxy) is 1. The molecule has 0 fully saturated rings. The summed E-state index contributed by atoms with van der Waals surface area (Å²) in [4.78, 5) is 23.2. The summed E-state index contributed by atoms with van der Waals surface area (Å²) in [6, 6.07) is 0. The molecule has 0 aliphatic heterocycles. The molecule has 5 heteroatoms. The lowest BCUT2D eigenvalue weighted by atomic mass is 9.97. The second-order valence-electron chi connectivity index (χ2n) is 8.08. The number of carbonyl (C=O) groups is 2. The third-order valence-corrected chi connectivity index (χ3v) is 9.51. The molecule has 142 valence electrons. The summed E-state index contributed by atoms with van der Waals surface area (Å²) in [7, 11) is -1.62. The molecule has 0 aromatic heterocycles. The quantitative estimate of drug-likeness (QED) is 0.210. The number of esters is 1. The fraction of sp³-hybridized carbons (Fsp3) is 0.895. The standard InChI is InChI=1S/C19H38O4Si/c1-8-22-18(21)17(16(2)20)14-12-10-9-11-13-15-23-24(6,7)19(3,4)5/h17H,8-15H2,1-7H3/t17-/m1/s1. The highest BCUT2D eigenvalue weighted by Crippen LogP contribution is 2.36. The van der Waals surface area contributed by atoms with Crippen molar-refractivity contribution in [2.45, 2.75) is 91.3 Å². The maximum atomic E-state index is 11.7. The van der Waals surface area contributed by atoms with Crippen molar-refractivity contribution in [3.05, 3.63) is 0 Å². The minimum absolute atomic E-state index is 0.0868. The first-order valence-corrected chi connectivity index (χ1v) is 12.2. The minimum Gasteiger partial charge on any atom is -0.465 e. The summed E-state index contributed by atoms with van der Waals surface area (Å²) in [5.74, 6) is -1.03. The molecule has 0 aliphatic carbocycles. The fourth-order valence-electron chi connectivity index (χ4n) is 2.25. The van der Waals surface area contributed by atoms with E-state index in [0.717, 1.165) is 38.7 Å². The fourth-order valence-corrected chi connectivity index (χ4v) is 3.34. The normalized spacial score (nSPS) is 13.6. The molecule has 0 spiro atoms. The van der Waals surface area contributed by atoms with Crippen molar-refractivity contribution in [3.63, 3.8) is 0 Å². The van der Waals surface area contributed by atoms with Crippen molar-refractivity contribution in [2.75, 3.05) is 13.2 Å². The van der Waals surface area contributed by atoms with Crippen LogP contribution in [0.4, 0.5) is 0 Å². The minimum atomic E-state index is -1.62. The second-order valence-corrected chi connectivity index (χ2v) is 12.9. The van der Waals surface area contributed by atoms with Gasteiger partial charge in [0.25, 0.3) is 0 Å². The predicted octanol–water partition coefficient (Wildman–Crippen LogP) is 5.12. The maximum Gasteiger partial charge on any atom is 0.316 e. The van der Waals surface area contributed by atoms with Crippen molar-refractivity contribution in [2.24, 2.45) is 5.92 Å². The van der Waals surface area contributed by atoms with Gasteiger partial charge in [-0.1, -0.05) is 46.5 Å². The van der Waals surface area contributed by atoms with Gasteiger partial charge in [-0.2, -0.15) is 0 Å². The largest absolute Gasteiger partial charge is 0.465 e. The van der Waals surface area contributed by atoms with Gasteiger partial charge < -0.3 is 9.16 Å². The van der Waals surface area contributed by atoms with Gasteiger partial charge in [0, 0.05) is 6.61 Å². The molecule has 0 saturated carbocycles. The van der Waals surface area contributed by atoms with Gasteiger partial charge in [-0.15, -0.1) is 0 Å². The van der Waals surface area contributed by atoms with E-state index in [1.54, 1.807) is 6.92 Å². The van der Waals surface area contributed by atoms with Crippen LogP contribution in [0.15, 0.2) is 0 Å². The zero-order valence-electron chi connectivity index (χ0n) is 16.9. The van der Waals surface area contributed by atoms with E-state index in [1.165, 1.54) is 6.92 Å². The van der Waals surface area contributed by atoms with Gasteiger partial charge in [0.1, 0.15) is 11.7 Å². The number of hydrogen-bond acceptors (Lipinski definition) is 4. The van der Waals surface area contributed by atoms with Crippen LogP contribution in [0.5, 0.6) is 0 Å². The summed E-state index contributed by atoms with van der Waals surface area (Å²) >= 11 is 0. The van der Waals surface area contributed by atoms with Crippen LogP contribution in [-0.2, 0) is 18.8 Å². The summed E-state index contributed by atoms with van der Waals surface area (Å²) in [5.41, 5.74) is 0. The van der Waals surface area contributed by atoms with E-state index in [-0.39, 0.29) is 16.8 Å². The number of unbranched alkanes of at least 4 members (excludes halogenated alkanes) is 4. The molecule has 0 heterocycles. The molecule has 0 bridgehead atoms. The van der Waals surface area contributed by atoms with Crippen LogP contribution in [0.3, 0.4) is 0 Å². The van der Waals surface area contributed by atoms with Gasteiger partial charge in [0.2, 0.25) is 0 Å². The van der Waals surface area contributed by atoms with Crippen molar-refractivity contribution in [3.8, 4) is 0 Å². The molecule has 0 radical (unpaired) electrons. The van der Waals surface area contributed by atoms with E-state index in [2.05, 4.69) is 33.9 Å². The molecule has 0 aromatic rings. The van der Waals surface area contributed by atoms with Crippen molar-refractivity contribution in [1.29, 1.82) is 0 Å². The third-order valence-electron chi connectivity index (χ3n) is 4.97. The average molecular weight is 359 g/mol. The van der Waals surface area contributed by atoms with E-state index in [4.69, 9.17) is 9.16 Å². The summed E-state index contributed by atoms with van der Waals surface area (Å²) in [6.45, 7) is 15.7. The molecule has 1 atom stereocenters. The van der Waals surface area contributed by atoms with Gasteiger partial charge >= 0.3 is 5.97 Å². The maximum absolute atomic E-state index is 11.7. The molecular formula is C19H38O4Si. The molecule has 0 N–H and O–H groups in total. The first kappa shape index (κ1) is 23.3. The number of hydrogen-bond donors (Lipinski definition) is 0. The van der Waals surface area contributed by atoms with E-state index >= 15 is 0 Å². The smallest absolute Gasteiger partial charge is 0.316 e. The Balaban J connectivity index is 3.84. The third kappa shape index (κ3) is 8.97. The summed E-state index contributed by atoms with van der Waals surface area (Å²) < 4.78 is 11.1. The van der Waals surface area contributed by atoms with Crippen molar-refractivity contribution >= 4 is 20.1 Å². The number of rotatable bonds is 12. The van der Waals surface area contributed by atoms with Crippen LogP contribution >= 0.6 is 0 Å². The molecule has 0 aromatic carbocycles. The Bertz CT molecular complexity index is 385. The van der Waals surface area contributed by atoms with Crippen molar-refractivity contribution < 1.29 is 18.8 Å². The molecular weight excluding hydrogens is 320 g/mol. The van der Waals surface area contributed by atoms with Crippen LogP contribution in [0.2, 0.25) is 18.1 Å². The zero-order valence-corrected chi connectivity index (χ0v) is 17.9. The van der Waals surface area contributed by atoms with E-state index in [9.17, 15) is 9.59 Å². The van der Waals surface area contributed by atoms with Crippen LogP contribution in [0, 0.1) is 5.92 Å². The summed E-state index contributed by atoms with van der Waals surface area (Å²) in [6.07, 6.45) is 5.89. The monoisotopic (exact) mass is 358 g/mol. The first-order valence-electron chi connectivity index (χ1n) is 9.34. The first-order chi connectivity index (χ1) is 11.0. The average Bonchev–Trinajstić information content (AvgIpc) is 2.44. The summed E-state index contributed by atoms with van der Waals surface area (Å²) in [5, 5.41) is 0.266. The molecule has 4 nitrogen and oxygen atoms in total. The number of Topliss-reactive ketones (excluding diaryl/α,β-unsaturated/α-hetero) is 1. The highest BCUT2D eigenvalue weighted by atomic mass is 28.4. The number of ketones is 1. The molecule has 0 aliphatic rings. The molecule has 0 unspecified atom stereocenters. The Labute approximate surface area is 149 Å². The Hall–Kier alpha value is -0.683. The van der Waals surface area contributed by atoms with Crippen molar-refractivity contribution in [1.82, 2.24) is 0 Å². The Kier molecular flexibility index (Phi) is 10.7. The topological polar surface area (TPSA) is 52.6 Å². The van der Waals surface area contributed by atoms with Crippen LogP contribution in [0.25, 0.3) is 0 Å². The van der Waals surface area contributed by atoms with Crippen LogP contribution < -0.4 is 0 Å². The Morgan fingerprint density at radius 2 is 1.54 bits per heavy atom. The van der Waals surface area contributed by atoms with Gasteiger partial charge in [-0.3, -0.25) is 9.59 Å². The second kappa shape index (κ2) is 11.0. The zero-order chi connectivity index (χ0) is 18.8. The lowest BCUT2D eigenvalue weighted by molar-refractivity contribution is -0.151. The Morgan fingerprint density at radius 1 is 1.00 bits per heavy atom. The highest BCUT2D eigenvalue weighted by molar-refractivity contribution is 6.74. The van der Waals surface area contributed by atoms with E-state index < -0.39 is 14.2 Å². The van der Waals surface area contributed by atoms with E-state index in [1.807, 2.05) is 0 Å². The molecule has 0 saturated heterocycles. The van der Waals surface area contributed by atoms with Gasteiger partial charge in [-0.05, 0) is 44.8 Å². The van der Waals surface area contributed by atoms with Crippen LogP contribution in [0.1, 0.15) is 73.1 Å². The number of carbonyl (C=O) groups excluding carboxylic acids is 2. The lowest BCUT2D eigenvalue weighted by Gasteiger charge is -2.36. The van der Waals surface area contributed by atoms with Crippen LogP contribution in [-0.4, -0.2) is 33.3 Å². The SMILES string of the molecule is CCOC(=O)[C@H](CCCCCCCO[Si](C)(C)C(C)(C)C)C(C)=O. The molecule has 24 heavy (non-hydrogen) atoms. The molecule has 0 rings (SSSR count). The van der Waals surface area contributed by atoms with Gasteiger partial charge in [0.05, 0.1) is 6.61 Å². The van der Waals surface area contributed by atoms with Gasteiger partial charge in [-0.25, -0.2) is 0 Å². The highest BCUT2D eigenvalue weighted by Gasteiger charge is 2.36. The lowest BCUT2D eigenvalue weighted by Crippen LogP contribution is -2.40. The van der Waals surface area contributed by atoms with E-state index in [0.29, 0.717) is 13.0 Å².